The highest BCUT2D eigenvalue weighted by molar-refractivity contribution is 7.09. The first-order valence-electron chi connectivity index (χ1n) is 9.76. The van der Waals surface area contributed by atoms with Gasteiger partial charge in [0.2, 0.25) is 0 Å². The first kappa shape index (κ1) is 21.0. The number of thiophene rings is 1. The molecule has 0 aliphatic rings. The normalized spacial score (nSPS) is 13.0. The number of aromatic nitrogens is 5. The second kappa shape index (κ2) is 9.21. The molecule has 0 fully saturated rings. The van der Waals surface area contributed by atoms with Crippen LogP contribution in [0.3, 0.4) is 0 Å². The molecule has 0 aliphatic heterocycles. The lowest BCUT2D eigenvalue weighted by Gasteiger charge is -2.18. The number of aryl methyl sites for hydroxylation is 3. The third kappa shape index (κ3) is 5.23. The Kier molecular flexibility index (Phi) is 6.68. The number of nitrogens with zero attached hydrogens (tertiary/aromatic N) is 6. The van der Waals surface area contributed by atoms with Gasteiger partial charge in [0.1, 0.15) is 12.4 Å². The molecule has 0 amide bonds. The summed E-state index contributed by atoms with van der Waals surface area (Å²) in [6.45, 7) is 9.49. The maximum absolute atomic E-state index is 4.75. The molecule has 1 unspecified atom stereocenters. The molecule has 0 spiro atoms. The zero-order valence-electron chi connectivity index (χ0n) is 18.0. The van der Waals surface area contributed by atoms with Crippen LogP contribution in [0.2, 0.25) is 0 Å². The van der Waals surface area contributed by atoms with Gasteiger partial charge in [0, 0.05) is 30.7 Å². The molecule has 0 saturated heterocycles. The molecule has 0 aromatic carbocycles. The summed E-state index contributed by atoms with van der Waals surface area (Å²) >= 11 is 1.73. The van der Waals surface area contributed by atoms with Gasteiger partial charge in [-0.15, -0.1) is 21.5 Å². The molecule has 3 rings (SSSR count). The van der Waals surface area contributed by atoms with E-state index in [9.17, 15) is 0 Å². The lowest BCUT2D eigenvalue weighted by Crippen LogP contribution is -2.43. The first-order valence-corrected chi connectivity index (χ1v) is 10.6. The number of nitrogens with one attached hydrogen (secondary N) is 2. The number of hydrogen-bond donors (Lipinski definition) is 2. The molecule has 1 atom stereocenters. The van der Waals surface area contributed by atoms with Crippen LogP contribution in [0, 0.1) is 20.8 Å². The fourth-order valence-corrected chi connectivity index (χ4v) is 3.82. The van der Waals surface area contributed by atoms with Crippen LogP contribution in [0.4, 0.5) is 0 Å². The summed E-state index contributed by atoms with van der Waals surface area (Å²) in [5.41, 5.74) is 3.57. The van der Waals surface area contributed by atoms with E-state index in [0.717, 1.165) is 36.3 Å². The molecule has 0 bridgehead atoms. The molecule has 0 radical (unpaired) electrons. The zero-order chi connectivity index (χ0) is 21.0. The average Bonchev–Trinajstić information content (AvgIpc) is 3.37. The third-order valence-corrected chi connectivity index (χ3v) is 6.00. The number of hydrogen-bond acceptors (Lipinski definition) is 5. The number of aliphatic imine (C=N–C) groups is 1. The minimum Gasteiger partial charge on any atom is -0.354 e. The van der Waals surface area contributed by atoms with Gasteiger partial charge in [-0.1, -0.05) is 6.07 Å². The van der Waals surface area contributed by atoms with E-state index in [2.05, 4.69) is 64.2 Å². The minimum absolute atomic E-state index is 0.201. The van der Waals surface area contributed by atoms with Crippen molar-refractivity contribution >= 4 is 17.3 Å². The van der Waals surface area contributed by atoms with Gasteiger partial charge in [0.15, 0.2) is 11.8 Å². The number of rotatable bonds is 7. The summed E-state index contributed by atoms with van der Waals surface area (Å²) < 4.78 is 3.91. The molecule has 3 heterocycles. The van der Waals surface area contributed by atoms with Crippen molar-refractivity contribution in [3.05, 3.63) is 51.0 Å². The summed E-state index contributed by atoms with van der Waals surface area (Å²) in [6.07, 6.45) is 0.883. The Morgan fingerprint density at radius 1 is 1.24 bits per heavy atom. The molecule has 2 N–H and O–H groups in total. The summed E-state index contributed by atoms with van der Waals surface area (Å²) in [5, 5.41) is 21.9. The molecular weight excluding hydrogens is 384 g/mol. The Balaban J connectivity index is 1.70. The summed E-state index contributed by atoms with van der Waals surface area (Å²) in [4.78, 5) is 6.02. The molecule has 29 heavy (non-hydrogen) atoms. The van der Waals surface area contributed by atoms with Gasteiger partial charge in [-0.3, -0.25) is 4.68 Å². The smallest absolute Gasteiger partial charge is 0.192 e. The molecule has 3 aromatic rings. The van der Waals surface area contributed by atoms with Crippen LogP contribution < -0.4 is 10.6 Å². The highest BCUT2D eigenvalue weighted by Gasteiger charge is 2.14. The van der Waals surface area contributed by atoms with E-state index in [1.165, 1.54) is 16.1 Å². The SMILES string of the molecule is Cc1nn(C)c(C)c1CC(C)NC(=NCc1nnc(C)n1C)NCc1cccs1. The molecule has 0 aliphatic carbocycles. The Labute approximate surface area is 176 Å². The number of guanidine groups is 1. The fraction of sp³-hybridized carbons (Fsp3) is 0.500. The Bertz CT molecular complexity index is 967. The van der Waals surface area contributed by atoms with Crippen LogP contribution >= 0.6 is 11.3 Å². The van der Waals surface area contributed by atoms with Crippen LogP contribution in [0.1, 0.15) is 40.4 Å². The van der Waals surface area contributed by atoms with E-state index in [1.54, 1.807) is 11.3 Å². The van der Waals surface area contributed by atoms with Gasteiger partial charge in [-0.05, 0) is 51.1 Å². The Morgan fingerprint density at radius 3 is 2.62 bits per heavy atom. The maximum Gasteiger partial charge on any atom is 0.192 e. The molecule has 9 heteroatoms. The first-order chi connectivity index (χ1) is 13.8. The van der Waals surface area contributed by atoms with Crippen LogP contribution in [0.25, 0.3) is 0 Å². The minimum atomic E-state index is 0.201. The van der Waals surface area contributed by atoms with Gasteiger partial charge >= 0.3 is 0 Å². The predicted octanol–water partition coefficient (Wildman–Crippen LogP) is 2.40. The molecule has 156 valence electrons. The van der Waals surface area contributed by atoms with E-state index in [1.807, 2.05) is 30.3 Å². The van der Waals surface area contributed by atoms with E-state index in [-0.39, 0.29) is 6.04 Å². The van der Waals surface area contributed by atoms with Crippen LogP contribution in [-0.4, -0.2) is 36.5 Å². The van der Waals surface area contributed by atoms with Crippen molar-refractivity contribution in [2.75, 3.05) is 0 Å². The summed E-state index contributed by atoms with van der Waals surface area (Å²) in [7, 11) is 3.95. The van der Waals surface area contributed by atoms with Gasteiger partial charge in [-0.2, -0.15) is 5.10 Å². The quantitative estimate of drug-likeness (QED) is 0.458. The molecule has 0 saturated carbocycles. The molecule has 3 aromatic heterocycles. The largest absolute Gasteiger partial charge is 0.354 e. The van der Waals surface area contributed by atoms with Crippen molar-refractivity contribution in [2.45, 2.75) is 53.2 Å². The highest BCUT2D eigenvalue weighted by Crippen LogP contribution is 2.14. The topological polar surface area (TPSA) is 85.0 Å². The third-order valence-electron chi connectivity index (χ3n) is 5.12. The lowest BCUT2D eigenvalue weighted by atomic mass is 10.1. The van der Waals surface area contributed by atoms with Crippen molar-refractivity contribution in [1.29, 1.82) is 0 Å². The van der Waals surface area contributed by atoms with E-state index >= 15 is 0 Å². The predicted molar refractivity (Wildman–Crippen MR) is 117 cm³/mol. The Hall–Kier alpha value is -2.68. The van der Waals surface area contributed by atoms with E-state index in [4.69, 9.17) is 4.99 Å². The van der Waals surface area contributed by atoms with Gasteiger partial charge in [0.25, 0.3) is 0 Å². The van der Waals surface area contributed by atoms with Crippen LogP contribution in [0.5, 0.6) is 0 Å². The molecule has 8 nitrogen and oxygen atoms in total. The summed E-state index contributed by atoms with van der Waals surface area (Å²) in [6, 6.07) is 4.38. The second-order valence-corrected chi connectivity index (χ2v) is 8.37. The van der Waals surface area contributed by atoms with E-state index < -0.39 is 0 Å². The van der Waals surface area contributed by atoms with Crippen LogP contribution in [-0.2, 0) is 33.6 Å². The zero-order valence-corrected chi connectivity index (χ0v) is 18.8. The van der Waals surface area contributed by atoms with Gasteiger partial charge in [-0.25, -0.2) is 4.99 Å². The van der Waals surface area contributed by atoms with Crippen molar-refractivity contribution in [2.24, 2.45) is 19.1 Å². The van der Waals surface area contributed by atoms with Crippen LogP contribution in [0.15, 0.2) is 22.5 Å². The van der Waals surface area contributed by atoms with Gasteiger partial charge in [0.05, 0.1) is 12.2 Å². The fourth-order valence-electron chi connectivity index (χ4n) is 3.18. The summed E-state index contributed by atoms with van der Waals surface area (Å²) in [5.74, 6) is 2.49. The lowest BCUT2D eigenvalue weighted by molar-refractivity contribution is 0.631. The second-order valence-electron chi connectivity index (χ2n) is 7.34. The Morgan fingerprint density at radius 2 is 2.03 bits per heavy atom. The molecular formula is C20H30N8S. The average molecular weight is 415 g/mol. The van der Waals surface area contributed by atoms with Crippen molar-refractivity contribution in [3.8, 4) is 0 Å². The highest BCUT2D eigenvalue weighted by atomic mass is 32.1. The maximum atomic E-state index is 4.75. The van der Waals surface area contributed by atoms with Gasteiger partial charge < -0.3 is 15.2 Å². The standard InChI is InChI=1S/C20H30N8S/c1-13(10-18-14(2)26-28(6)15(18)3)23-20(21-11-17-8-7-9-29-17)22-12-19-25-24-16(4)27(19)5/h7-9,13H,10-12H2,1-6H3,(H2,21,22,23). The monoisotopic (exact) mass is 414 g/mol. The van der Waals surface area contributed by atoms with Crippen molar-refractivity contribution in [3.63, 3.8) is 0 Å². The van der Waals surface area contributed by atoms with Crippen molar-refractivity contribution < 1.29 is 0 Å². The van der Waals surface area contributed by atoms with E-state index in [0.29, 0.717) is 6.54 Å². The van der Waals surface area contributed by atoms with Crippen molar-refractivity contribution in [1.82, 2.24) is 35.2 Å².